The number of ketones is 1. The summed E-state index contributed by atoms with van der Waals surface area (Å²) in [5.41, 5.74) is 0.321. The van der Waals surface area contributed by atoms with Crippen molar-refractivity contribution in [2.75, 3.05) is 6.61 Å². The second-order valence-corrected chi connectivity index (χ2v) is 8.70. The first-order valence-corrected chi connectivity index (χ1v) is 11.9. The third kappa shape index (κ3) is 7.48. The highest BCUT2D eigenvalue weighted by atomic mass is 16.7. The van der Waals surface area contributed by atoms with Gasteiger partial charge in [-0.15, -0.1) is 0 Å². The Balaban J connectivity index is 1.85. The molecule has 1 saturated heterocycles. The van der Waals surface area contributed by atoms with Gasteiger partial charge in [0.05, 0.1) is 5.56 Å². The van der Waals surface area contributed by atoms with Crippen LogP contribution in [0, 0.1) is 0 Å². The lowest BCUT2D eigenvalue weighted by atomic mass is 9.98. The minimum Gasteiger partial charge on any atom is -0.508 e. The number of ether oxygens (including phenoxy) is 5. The Morgan fingerprint density at radius 1 is 0.850 bits per heavy atom. The number of aliphatic hydroxyl groups excluding tert-OH is 1. The summed E-state index contributed by atoms with van der Waals surface area (Å²) >= 11 is 0. The zero-order valence-electron chi connectivity index (χ0n) is 21.7. The first-order chi connectivity index (χ1) is 18.9. The molecule has 2 aromatic rings. The Labute approximate surface area is 228 Å². The Hall–Kier alpha value is -4.62. The van der Waals surface area contributed by atoms with Crippen molar-refractivity contribution in [2.24, 2.45) is 0 Å². The van der Waals surface area contributed by atoms with Gasteiger partial charge in [0, 0.05) is 20.8 Å². The lowest BCUT2D eigenvalue weighted by molar-refractivity contribution is -0.285. The van der Waals surface area contributed by atoms with E-state index in [4.69, 9.17) is 23.7 Å². The van der Waals surface area contributed by atoms with Gasteiger partial charge in [-0.25, -0.2) is 0 Å². The van der Waals surface area contributed by atoms with E-state index in [0.29, 0.717) is 5.56 Å². The average Bonchev–Trinajstić information content (AvgIpc) is 2.88. The molecule has 0 amide bonds. The molecule has 3 rings (SSSR count). The van der Waals surface area contributed by atoms with Crippen molar-refractivity contribution >= 4 is 29.8 Å². The number of carbonyl (C=O) groups excluding carboxylic acids is 4. The average molecular weight is 561 g/mol. The molecule has 1 aliphatic rings. The smallest absolute Gasteiger partial charge is 0.303 e. The van der Waals surface area contributed by atoms with E-state index in [1.54, 1.807) is 12.1 Å². The largest absolute Gasteiger partial charge is 0.508 e. The number of hydrogen-bond donors (Lipinski definition) is 4. The van der Waals surface area contributed by atoms with Crippen LogP contribution in [0.1, 0.15) is 36.7 Å². The number of esters is 3. The standard InChI is InChI=1S/C27H28O13/c1-13(28)36-12-21-25(37-14(2)29)26(38-15(3)30)24(35)27(40-21)39-20-11-9-18(22(33)23(20)34)19(32)10-6-16-4-7-17(31)8-5-16/h4-11,21,24-27,31,33-35H,12H2,1-3H3/t21-,24-,25-,26-,27-/m1/s1. The van der Waals surface area contributed by atoms with Crippen LogP contribution in [0.25, 0.3) is 6.08 Å². The highest BCUT2D eigenvalue weighted by Crippen LogP contribution is 2.40. The van der Waals surface area contributed by atoms with Crippen LogP contribution in [0.3, 0.4) is 0 Å². The predicted octanol–water partition coefficient (Wildman–Crippen LogP) is 1.59. The minimum absolute atomic E-state index is 0.0486. The van der Waals surface area contributed by atoms with E-state index in [2.05, 4.69) is 0 Å². The third-order valence-electron chi connectivity index (χ3n) is 5.61. The van der Waals surface area contributed by atoms with Crippen molar-refractivity contribution < 1.29 is 63.3 Å². The Morgan fingerprint density at radius 3 is 2.08 bits per heavy atom. The predicted molar refractivity (Wildman–Crippen MR) is 134 cm³/mol. The van der Waals surface area contributed by atoms with Crippen molar-refractivity contribution in [1.82, 2.24) is 0 Å². The van der Waals surface area contributed by atoms with E-state index < -0.39 is 78.3 Å². The van der Waals surface area contributed by atoms with Crippen LogP contribution in [0.4, 0.5) is 0 Å². The fourth-order valence-corrected chi connectivity index (χ4v) is 3.81. The number of phenols is 3. The molecule has 1 heterocycles. The molecular formula is C27H28O13. The van der Waals surface area contributed by atoms with Crippen LogP contribution < -0.4 is 4.74 Å². The fourth-order valence-electron chi connectivity index (χ4n) is 3.81. The molecule has 2 aromatic carbocycles. The highest BCUT2D eigenvalue weighted by molar-refractivity contribution is 6.09. The SMILES string of the molecule is CC(=O)OC[C@H]1O[C@@H](Oc2ccc(C(=O)C=Cc3ccc(O)cc3)c(O)c2O)[C@H](O)[C@@H](OC(C)=O)[C@@H]1OC(C)=O. The van der Waals surface area contributed by atoms with Gasteiger partial charge < -0.3 is 44.1 Å². The van der Waals surface area contributed by atoms with Crippen molar-refractivity contribution in [3.8, 4) is 23.0 Å². The zero-order valence-corrected chi connectivity index (χ0v) is 21.7. The second kappa shape index (κ2) is 13.0. The summed E-state index contributed by atoms with van der Waals surface area (Å²) in [7, 11) is 0. The molecule has 40 heavy (non-hydrogen) atoms. The Bertz CT molecular complexity index is 1280. The number of rotatable bonds is 9. The molecule has 0 unspecified atom stereocenters. The lowest BCUT2D eigenvalue weighted by Gasteiger charge is -2.42. The number of allylic oxidation sites excluding steroid dienone is 1. The molecule has 0 aromatic heterocycles. The summed E-state index contributed by atoms with van der Waals surface area (Å²) in [6.07, 6.45) is -5.07. The maximum atomic E-state index is 12.6. The maximum absolute atomic E-state index is 12.6. The highest BCUT2D eigenvalue weighted by Gasteiger charge is 2.51. The normalized spacial score (nSPS) is 22.4. The molecule has 13 heteroatoms. The molecule has 0 aliphatic carbocycles. The van der Waals surface area contributed by atoms with Crippen LogP contribution in [0.5, 0.6) is 23.0 Å². The van der Waals surface area contributed by atoms with Crippen molar-refractivity contribution in [2.45, 2.75) is 51.5 Å². The van der Waals surface area contributed by atoms with Crippen LogP contribution in [-0.4, -0.2) is 81.4 Å². The minimum atomic E-state index is -1.78. The van der Waals surface area contributed by atoms with Crippen LogP contribution in [0.2, 0.25) is 0 Å². The van der Waals surface area contributed by atoms with Crippen molar-refractivity contribution in [3.05, 3.63) is 53.6 Å². The number of aliphatic hydroxyl groups is 1. The molecule has 0 radical (unpaired) electrons. The van der Waals surface area contributed by atoms with Gasteiger partial charge in [0.1, 0.15) is 18.5 Å². The summed E-state index contributed by atoms with van der Waals surface area (Å²) in [6.45, 7) is 2.78. The lowest BCUT2D eigenvalue weighted by Crippen LogP contribution is -2.62. The van der Waals surface area contributed by atoms with E-state index in [1.807, 2.05) is 0 Å². The molecule has 5 atom stereocenters. The second-order valence-electron chi connectivity index (χ2n) is 8.70. The molecule has 0 bridgehead atoms. The monoisotopic (exact) mass is 560 g/mol. The number of hydrogen-bond acceptors (Lipinski definition) is 13. The number of aromatic hydroxyl groups is 3. The molecule has 13 nitrogen and oxygen atoms in total. The molecule has 1 aliphatic heterocycles. The van der Waals surface area contributed by atoms with E-state index in [-0.39, 0.29) is 11.3 Å². The Morgan fingerprint density at radius 2 is 1.48 bits per heavy atom. The Kier molecular flexibility index (Phi) is 9.69. The van der Waals surface area contributed by atoms with Gasteiger partial charge in [-0.1, -0.05) is 18.2 Å². The van der Waals surface area contributed by atoms with Crippen molar-refractivity contribution in [1.29, 1.82) is 0 Å². The van der Waals surface area contributed by atoms with Crippen molar-refractivity contribution in [3.63, 3.8) is 0 Å². The van der Waals surface area contributed by atoms with Gasteiger partial charge in [0.2, 0.25) is 12.0 Å². The summed E-state index contributed by atoms with van der Waals surface area (Å²) in [4.78, 5) is 47.4. The van der Waals surface area contributed by atoms with E-state index in [1.165, 1.54) is 18.2 Å². The third-order valence-corrected chi connectivity index (χ3v) is 5.61. The molecule has 1 fully saturated rings. The van der Waals surface area contributed by atoms with Gasteiger partial charge in [0.25, 0.3) is 0 Å². The van der Waals surface area contributed by atoms with Crippen LogP contribution in [-0.2, 0) is 33.3 Å². The van der Waals surface area contributed by atoms with E-state index in [9.17, 15) is 39.6 Å². The summed E-state index contributed by atoms with van der Waals surface area (Å²) in [5, 5.41) is 41.2. The number of phenolic OH excluding ortho intramolecular Hbond substituents is 3. The van der Waals surface area contributed by atoms with Gasteiger partial charge in [-0.2, -0.15) is 0 Å². The summed E-state index contributed by atoms with van der Waals surface area (Å²) < 4.78 is 26.5. The number of carbonyl (C=O) groups is 4. The van der Waals surface area contributed by atoms with Crippen LogP contribution in [0.15, 0.2) is 42.5 Å². The molecule has 0 saturated carbocycles. The molecule has 214 valence electrons. The zero-order chi connectivity index (χ0) is 29.6. The maximum Gasteiger partial charge on any atom is 0.303 e. The summed E-state index contributed by atoms with van der Waals surface area (Å²) in [5.74, 6) is -5.05. The van der Waals surface area contributed by atoms with E-state index in [0.717, 1.165) is 39.0 Å². The molecule has 0 spiro atoms. The quantitative estimate of drug-likeness (QED) is 0.114. The topological polar surface area (TPSA) is 195 Å². The molecular weight excluding hydrogens is 532 g/mol. The fraction of sp³-hybridized carbons (Fsp3) is 0.333. The van der Waals surface area contributed by atoms with E-state index >= 15 is 0 Å². The first-order valence-electron chi connectivity index (χ1n) is 11.9. The van der Waals surface area contributed by atoms with Gasteiger partial charge >= 0.3 is 17.9 Å². The van der Waals surface area contributed by atoms with Crippen LogP contribution >= 0.6 is 0 Å². The summed E-state index contributed by atoms with van der Waals surface area (Å²) in [6, 6.07) is 8.27. The first kappa shape index (κ1) is 29.9. The van der Waals surface area contributed by atoms with Gasteiger partial charge in [0.15, 0.2) is 35.6 Å². The van der Waals surface area contributed by atoms with Gasteiger partial charge in [-0.3, -0.25) is 19.2 Å². The number of benzene rings is 2. The van der Waals surface area contributed by atoms with Gasteiger partial charge in [-0.05, 0) is 35.9 Å². The molecule has 4 N–H and O–H groups in total.